The molecule has 8 nitrogen and oxygen atoms in total. The summed E-state index contributed by atoms with van der Waals surface area (Å²) in [4.78, 5) is 33.3. The van der Waals surface area contributed by atoms with Crippen LogP contribution >= 0.6 is 0 Å². The maximum atomic E-state index is 14.1. The van der Waals surface area contributed by atoms with Gasteiger partial charge in [-0.05, 0) is 26.0 Å². The second kappa shape index (κ2) is 8.52. The summed E-state index contributed by atoms with van der Waals surface area (Å²) in [6.45, 7) is 5.25. The number of halogens is 2. The van der Waals surface area contributed by atoms with Crippen molar-refractivity contribution >= 4 is 28.6 Å². The number of piperazine rings is 1. The number of amides is 1. The normalized spacial score (nSPS) is 14.2. The number of benzene rings is 1. The molecule has 3 aromatic rings. The van der Waals surface area contributed by atoms with Crippen LogP contribution in [-0.2, 0) is 11.8 Å². The van der Waals surface area contributed by atoms with Crippen LogP contribution < -0.4 is 4.90 Å². The first-order chi connectivity index (χ1) is 15.3. The molecule has 10 heteroatoms. The van der Waals surface area contributed by atoms with Crippen LogP contribution in [0, 0.1) is 18.6 Å². The molecule has 0 spiro atoms. The molecule has 1 saturated heterocycles. The molecule has 3 heterocycles. The van der Waals surface area contributed by atoms with Crippen LogP contribution in [0.2, 0.25) is 0 Å². The fourth-order valence-corrected chi connectivity index (χ4v) is 4.05. The molecule has 32 heavy (non-hydrogen) atoms. The highest BCUT2D eigenvalue weighted by Crippen LogP contribution is 2.33. The molecule has 0 atom stereocenters. The van der Waals surface area contributed by atoms with Crippen molar-refractivity contribution in [1.82, 2.24) is 19.7 Å². The van der Waals surface area contributed by atoms with Crippen LogP contribution in [0.4, 0.5) is 14.5 Å². The second-order valence-electron chi connectivity index (χ2n) is 7.55. The lowest BCUT2D eigenvalue weighted by atomic mass is 10.1. The number of fused-ring (bicyclic) bond motifs is 1. The molecule has 2 aromatic heterocycles. The Morgan fingerprint density at radius 3 is 2.50 bits per heavy atom. The predicted octanol–water partition coefficient (Wildman–Crippen LogP) is 2.69. The number of aromatic nitrogens is 3. The van der Waals surface area contributed by atoms with E-state index in [-0.39, 0.29) is 12.2 Å². The van der Waals surface area contributed by atoms with E-state index >= 15 is 0 Å². The van der Waals surface area contributed by atoms with Crippen molar-refractivity contribution in [3.05, 3.63) is 52.9 Å². The van der Waals surface area contributed by atoms with Gasteiger partial charge in [0.25, 0.3) is 5.91 Å². The lowest BCUT2D eigenvalue weighted by molar-refractivity contribution is 0.0525. The number of carbonyl (C=O) groups is 2. The van der Waals surface area contributed by atoms with Crippen molar-refractivity contribution in [3.8, 4) is 0 Å². The maximum absolute atomic E-state index is 14.1. The van der Waals surface area contributed by atoms with Gasteiger partial charge in [-0.1, -0.05) is 0 Å². The molecular formula is C22H23F2N5O3. The predicted molar refractivity (Wildman–Crippen MR) is 114 cm³/mol. The second-order valence-corrected chi connectivity index (χ2v) is 7.55. The van der Waals surface area contributed by atoms with Gasteiger partial charge >= 0.3 is 5.97 Å². The van der Waals surface area contributed by atoms with Crippen LogP contribution in [0.3, 0.4) is 0 Å². The van der Waals surface area contributed by atoms with Gasteiger partial charge in [0.15, 0.2) is 5.65 Å². The molecule has 1 amide bonds. The number of aryl methyl sites for hydroxylation is 2. The quantitative estimate of drug-likeness (QED) is 0.577. The summed E-state index contributed by atoms with van der Waals surface area (Å²) in [5.74, 6) is -2.59. The average Bonchev–Trinajstić information content (AvgIpc) is 3.06. The molecule has 0 bridgehead atoms. The summed E-state index contributed by atoms with van der Waals surface area (Å²) in [5.41, 5.74) is 2.20. The molecule has 168 valence electrons. The summed E-state index contributed by atoms with van der Waals surface area (Å²) >= 11 is 0. The highest BCUT2D eigenvalue weighted by Gasteiger charge is 2.29. The summed E-state index contributed by atoms with van der Waals surface area (Å²) in [6.07, 6.45) is 1.49. The SMILES string of the molecule is CCOC(=O)c1cnc2c(c(C)nn2C)c1N1CCN(C(=O)c2ccc(F)cc2F)CC1. The zero-order valence-corrected chi connectivity index (χ0v) is 18.1. The lowest BCUT2D eigenvalue weighted by Crippen LogP contribution is -2.49. The van der Waals surface area contributed by atoms with E-state index in [1.807, 2.05) is 11.8 Å². The lowest BCUT2D eigenvalue weighted by Gasteiger charge is -2.37. The standard InChI is InChI=1S/C22H23F2N5O3/c1-4-32-22(31)16-12-25-20-18(13(2)26-27(20)3)19(16)28-7-9-29(10-8-28)21(30)15-6-5-14(23)11-17(15)24/h5-6,11-12H,4,7-10H2,1-3H3. The first-order valence-corrected chi connectivity index (χ1v) is 10.3. The minimum absolute atomic E-state index is 0.165. The topological polar surface area (TPSA) is 80.6 Å². The van der Waals surface area contributed by atoms with Crippen LogP contribution in [-0.4, -0.2) is 64.3 Å². The Balaban J connectivity index is 1.64. The number of esters is 1. The third-order valence-corrected chi connectivity index (χ3v) is 5.54. The minimum Gasteiger partial charge on any atom is -0.462 e. The van der Waals surface area contributed by atoms with Crippen molar-refractivity contribution in [2.75, 3.05) is 37.7 Å². The van der Waals surface area contributed by atoms with Crippen molar-refractivity contribution < 1.29 is 23.1 Å². The van der Waals surface area contributed by atoms with E-state index in [0.29, 0.717) is 49.1 Å². The van der Waals surface area contributed by atoms with E-state index in [0.717, 1.165) is 23.2 Å². The number of anilines is 1. The van der Waals surface area contributed by atoms with Gasteiger partial charge in [-0.15, -0.1) is 0 Å². The number of hydrogen-bond donors (Lipinski definition) is 0. The number of carbonyl (C=O) groups excluding carboxylic acids is 2. The van der Waals surface area contributed by atoms with E-state index in [4.69, 9.17) is 4.74 Å². The Morgan fingerprint density at radius 1 is 1.12 bits per heavy atom. The van der Waals surface area contributed by atoms with E-state index < -0.39 is 23.5 Å². The van der Waals surface area contributed by atoms with Gasteiger partial charge in [-0.25, -0.2) is 18.6 Å². The smallest absolute Gasteiger partial charge is 0.341 e. The van der Waals surface area contributed by atoms with Crippen molar-refractivity contribution in [2.24, 2.45) is 7.05 Å². The molecule has 1 aliphatic rings. The minimum atomic E-state index is -0.885. The highest BCUT2D eigenvalue weighted by atomic mass is 19.1. The molecule has 1 fully saturated rings. The van der Waals surface area contributed by atoms with E-state index in [2.05, 4.69) is 10.1 Å². The molecule has 4 rings (SSSR count). The zero-order valence-electron chi connectivity index (χ0n) is 18.1. The van der Waals surface area contributed by atoms with E-state index in [1.165, 1.54) is 11.1 Å². The molecule has 0 N–H and O–H groups in total. The summed E-state index contributed by atoms with van der Waals surface area (Å²) in [5, 5.41) is 5.18. The first-order valence-electron chi connectivity index (χ1n) is 10.3. The number of hydrogen-bond acceptors (Lipinski definition) is 6. The maximum Gasteiger partial charge on any atom is 0.341 e. The van der Waals surface area contributed by atoms with Crippen LogP contribution in [0.15, 0.2) is 24.4 Å². The van der Waals surface area contributed by atoms with E-state index in [9.17, 15) is 18.4 Å². The molecule has 0 radical (unpaired) electrons. The van der Waals surface area contributed by atoms with Gasteiger partial charge < -0.3 is 14.5 Å². The van der Waals surface area contributed by atoms with Gasteiger partial charge in [0.1, 0.15) is 17.2 Å². The van der Waals surface area contributed by atoms with Crippen molar-refractivity contribution in [1.29, 1.82) is 0 Å². The molecule has 0 unspecified atom stereocenters. The molecule has 1 aromatic carbocycles. The summed E-state index contributed by atoms with van der Waals surface area (Å²) in [6, 6.07) is 2.93. The third kappa shape index (κ3) is 3.76. The van der Waals surface area contributed by atoms with Crippen LogP contribution in [0.5, 0.6) is 0 Å². The summed E-state index contributed by atoms with van der Waals surface area (Å²) < 4.78 is 34.1. The Kier molecular flexibility index (Phi) is 5.77. The Morgan fingerprint density at radius 2 is 1.84 bits per heavy atom. The van der Waals surface area contributed by atoms with Gasteiger partial charge in [-0.2, -0.15) is 5.10 Å². The monoisotopic (exact) mass is 443 g/mol. The van der Waals surface area contributed by atoms with Crippen LogP contribution in [0.25, 0.3) is 11.0 Å². The molecular weight excluding hydrogens is 420 g/mol. The number of pyridine rings is 1. The Bertz CT molecular complexity index is 1200. The number of nitrogens with zero attached hydrogens (tertiary/aromatic N) is 5. The molecule has 0 saturated carbocycles. The van der Waals surface area contributed by atoms with Gasteiger partial charge in [0, 0.05) is 45.5 Å². The highest BCUT2D eigenvalue weighted by molar-refractivity contribution is 6.05. The van der Waals surface area contributed by atoms with Gasteiger partial charge in [-0.3, -0.25) is 9.48 Å². The van der Waals surface area contributed by atoms with Gasteiger partial charge in [0.05, 0.1) is 28.9 Å². The first kappa shape index (κ1) is 21.7. The van der Waals surface area contributed by atoms with Crippen LogP contribution in [0.1, 0.15) is 33.3 Å². The van der Waals surface area contributed by atoms with Crippen molar-refractivity contribution in [3.63, 3.8) is 0 Å². The van der Waals surface area contributed by atoms with Crippen molar-refractivity contribution in [2.45, 2.75) is 13.8 Å². The molecule has 0 aliphatic carbocycles. The summed E-state index contributed by atoms with van der Waals surface area (Å²) in [7, 11) is 1.78. The fourth-order valence-electron chi connectivity index (χ4n) is 4.05. The average molecular weight is 443 g/mol. The largest absolute Gasteiger partial charge is 0.462 e. The third-order valence-electron chi connectivity index (χ3n) is 5.54. The fraction of sp³-hybridized carbons (Fsp3) is 0.364. The number of ether oxygens (including phenoxy) is 1. The zero-order chi connectivity index (χ0) is 23.0. The Hall–Kier alpha value is -3.56. The van der Waals surface area contributed by atoms with E-state index in [1.54, 1.807) is 18.7 Å². The Labute approximate surface area is 183 Å². The molecule has 1 aliphatic heterocycles. The van der Waals surface area contributed by atoms with Gasteiger partial charge in [0.2, 0.25) is 0 Å². The number of rotatable bonds is 4.